The standard InChI is InChI=1S/C20H19F3N2O3S/c21-16-9-10-17(19(23)18(16)22)29(27,28)25(15-7-8-15)11-12-1-3-13(4-2-12)20(26)24-14-5-6-14/h1-4,9-10,14-15H,5-8,11H2,(H,24,26). The summed E-state index contributed by atoms with van der Waals surface area (Å²) < 4.78 is 67.9. The van der Waals surface area contributed by atoms with E-state index in [0.29, 0.717) is 30.0 Å². The average molecular weight is 424 g/mol. The van der Waals surface area contributed by atoms with Crippen LogP contribution in [0.25, 0.3) is 0 Å². The molecule has 2 fully saturated rings. The number of halogens is 3. The number of amides is 1. The van der Waals surface area contributed by atoms with E-state index < -0.39 is 32.4 Å². The van der Waals surface area contributed by atoms with Crippen LogP contribution in [0.3, 0.4) is 0 Å². The van der Waals surface area contributed by atoms with Gasteiger partial charge in [-0.15, -0.1) is 0 Å². The van der Waals surface area contributed by atoms with Gasteiger partial charge in [0.15, 0.2) is 17.5 Å². The maximum atomic E-state index is 14.1. The minimum absolute atomic E-state index is 0.0596. The third-order valence-corrected chi connectivity index (χ3v) is 6.92. The monoisotopic (exact) mass is 424 g/mol. The number of hydrogen-bond donors (Lipinski definition) is 1. The van der Waals surface area contributed by atoms with Gasteiger partial charge in [0.25, 0.3) is 5.91 Å². The highest BCUT2D eigenvalue weighted by atomic mass is 32.2. The zero-order valence-corrected chi connectivity index (χ0v) is 16.2. The predicted molar refractivity (Wildman–Crippen MR) is 99.0 cm³/mol. The second-order valence-electron chi connectivity index (χ2n) is 7.40. The molecule has 29 heavy (non-hydrogen) atoms. The van der Waals surface area contributed by atoms with Gasteiger partial charge in [-0.3, -0.25) is 4.79 Å². The summed E-state index contributed by atoms with van der Waals surface area (Å²) in [6.07, 6.45) is 3.15. The summed E-state index contributed by atoms with van der Waals surface area (Å²) >= 11 is 0. The molecule has 0 unspecified atom stereocenters. The second-order valence-corrected chi connectivity index (χ2v) is 9.26. The van der Waals surface area contributed by atoms with Gasteiger partial charge in [-0.05, 0) is 55.5 Å². The van der Waals surface area contributed by atoms with Gasteiger partial charge in [-0.2, -0.15) is 4.31 Å². The number of rotatable bonds is 7. The number of benzene rings is 2. The second kappa shape index (κ2) is 7.46. The topological polar surface area (TPSA) is 66.5 Å². The van der Waals surface area contributed by atoms with Crippen molar-refractivity contribution >= 4 is 15.9 Å². The van der Waals surface area contributed by atoms with Gasteiger partial charge in [0.1, 0.15) is 4.90 Å². The minimum Gasteiger partial charge on any atom is -0.349 e. The van der Waals surface area contributed by atoms with E-state index >= 15 is 0 Å². The Bertz CT molecular complexity index is 1050. The van der Waals surface area contributed by atoms with Crippen LogP contribution in [-0.4, -0.2) is 30.7 Å². The Morgan fingerprint density at radius 3 is 2.21 bits per heavy atom. The maximum Gasteiger partial charge on any atom is 0.251 e. The molecular formula is C20H19F3N2O3S. The van der Waals surface area contributed by atoms with Crippen LogP contribution in [-0.2, 0) is 16.6 Å². The summed E-state index contributed by atoms with van der Waals surface area (Å²) in [5.41, 5.74) is 1.07. The van der Waals surface area contributed by atoms with Crippen molar-refractivity contribution in [3.05, 3.63) is 65.0 Å². The van der Waals surface area contributed by atoms with E-state index in [9.17, 15) is 26.4 Å². The van der Waals surface area contributed by atoms with Crippen LogP contribution < -0.4 is 5.32 Å². The highest BCUT2D eigenvalue weighted by Crippen LogP contribution is 2.35. The van der Waals surface area contributed by atoms with Crippen molar-refractivity contribution in [1.29, 1.82) is 0 Å². The van der Waals surface area contributed by atoms with Crippen LogP contribution in [0.4, 0.5) is 13.2 Å². The lowest BCUT2D eigenvalue weighted by atomic mass is 10.1. The molecule has 5 nitrogen and oxygen atoms in total. The molecule has 0 atom stereocenters. The third kappa shape index (κ3) is 4.16. The van der Waals surface area contributed by atoms with Crippen molar-refractivity contribution < 1.29 is 26.4 Å². The van der Waals surface area contributed by atoms with Crippen molar-refractivity contribution in [2.24, 2.45) is 0 Å². The number of nitrogens with zero attached hydrogens (tertiary/aromatic N) is 1. The van der Waals surface area contributed by atoms with Crippen molar-refractivity contribution in [3.8, 4) is 0 Å². The van der Waals surface area contributed by atoms with E-state index in [-0.39, 0.29) is 24.5 Å². The number of sulfonamides is 1. The molecule has 0 aliphatic heterocycles. The summed E-state index contributed by atoms with van der Waals surface area (Å²) in [4.78, 5) is 11.2. The quantitative estimate of drug-likeness (QED) is 0.694. The van der Waals surface area contributed by atoms with Crippen molar-refractivity contribution in [2.75, 3.05) is 0 Å². The smallest absolute Gasteiger partial charge is 0.251 e. The number of carbonyl (C=O) groups is 1. The lowest BCUT2D eigenvalue weighted by Crippen LogP contribution is -2.33. The summed E-state index contributed by atoms with van der Waals surface area (Å²) in [5, 5.41) is 2.87. The maximum absolute atomic E-state index is 14.1. The zero-order chi connectivity index (χ0) is 20.8. The van der Waals surface area contributed by atoms with Gasteiger partial charge in [0, 0.05) is 24.2 Å². The number of carbonyl (C=O) groups excluding carboxylic acids is 1. The van der Waals surface area contributed by atoms with Gasteiger partial charge < -0.3 is 5.32 Å². The first-order valence-corrected chi connectivity index (χ1v) is 10.8. The molecule has 4 rings (SSSR count). The highest BCUT2D eigenvalue weighted by Gasteiger charge is 2.40. The Kier molecular flexibility index (Phi) is 5.12. The van der Waals surface area contributed by atoms with E-state index in [1.165, 1.54) is 0 Å². The van der Waals surface area contributed by atoms with Gasteiger partial charge >= 0.3 is 0 Å². The molecule has 154 valence electrons. The Labute approximate surface area is 166 Å². The molecule has 2 aromatic carbocycles. The van der Waals surface area contributed by atoms with E-state index in [0.717, 1.165) is 23.2 Å². The first-order chi connectivity index (χ1) is 13.8. The molecule has 0 aromatic heterocycles. The molecule has 9 heteroatoms. The molecule has 2 aromatic rings. The molecule has 2 saturated carbocycles. The number of hydrogen-bond acceptors (Lipinski definition) is 3. The average Bonchev–Trinajstić information content (AvgIpc) is 3.59. The largest absolute Gasteiger partial charge is 0.349 e. The van der Waals surface area contributed by atoms with Crippen LogP contribution in [0.1, 0.15) is 41.6 Å². The normalized spacial score (nSPS) is 16.8. The van der Waals surface area contributed by atoms with Gasteiger partial charge in [-0.1, -0.05) is 12.1 Å². The zero-order valence-electron chi connectivity index (χ0n) is 15.4. The molecular weight excluding hydrogens is 405 g/mol. The van der Waals surface area contributed by atoms with Crippen molar-refractivity contribution in [2.45, 2.75) is 49.2 Å². The summed E-state index contributed by atoms with van der Waals surface area (Å²) in [6.45, 7) is -0.0596. The van der Waals surface area contributed by atoms with Crippen LogP contribution in [0.15, 0.2) is 41.3 Å². The van der Waals surface area contributed by atoms with E-state index in [1.807, 2.05) is 0 Å². The molecule has 1 N–H and O–H groups in total. The Morgan fingerprint density at radius 2 is 1.62 bits per heavy atom. The fourth-order valence-corrected chi connectivity index (χ4v) is 4.78. The molecule has 0 radical (unpaired) electrons. The molecule has 0 heterocycles. The summed E-state index contributed by atoms with van der Waals surface area (Å²) in [5.74, 6) is -5.16. The lowest BCUT2D eigenvalue weighted by molar-refractivity contribution is 0.0951. The first-order valence-electron chi connectivity index (χ1n) is 9.32. The molecule has 1 amide bonds. The SMILES string of the molecule is O=C(NC1CC1)c1ccc(CN(C2CC2)S(=O)(=O)c2ccc(F)c(F)c2F)cc1. The van der Waals surface area contributed by atoms with Crippen molar-refractivity contribution in [1.82, 2.24) is 9.62 Å². The van der Waals surface area contributed by atoms with Crippen LogP contribution in [0, 0.1) is 17.5 Å². The lowest BCUT2D eigenvalue weighted by Gasteiger charge is -2.22. The minimum atomic E-state index is -4.37. The Balaban J connectivity index is 1.57. The van der Waals surface area contributed by atoms with Crippen LogP contribution in [0.2, 0.25) is 0 Å². The summed E-state index contributed by atoms with van der Waals surface area (Å²) in [7, 11) is -4.37. The Morgan fingerprint density at radius 1 is 0.966 bits per heavy atom. The molecule has 0 spiro atoms. The molecule has 2 aliphatic carbocycles. The first kappa shape index (κ1) is 19.9. The van der Waals surface area contributed by atoms with Crippen LogP contribution in [0.5, 0.6) is 0 Å². The summed E-state index contributed by atoms with van der Waals surface area (Å²) in [6, 6.07) is 7.70. The highest BCUT2D eigenvalue weighted by molar-refractivity contribution is 7.89. The van der Waals surface area contributed by atoms with E-state index in [4.69, 9.17) is 0 Å². The third-order valence-electron chi connectivity index (χ3n) is 5.01. The fourth-order valence-electron chi connectivity index (χ4n) is 3.04. The molecule has 0 saturated heterocycles. The van der Waals surface area contributed by atoms with Crippen molar-refractivity contribution in [3.63, 3.8) is 0 Å². The number of nitrogens with one attached hydrogen (secondary N) is 1. The van der Waals surface area contributed by atoms with Gasteiger partial charge in [-0.25, -0.2) is 21.6 Å². The van der Waals surface area contributed by atoms with Gasteiger partial charge in [0.05, 0.1) is 0 Å². The predicted octanol–water partition coefficient (Wildman–Crippen LogP) is 3.35. The fraction of sp³-hybridized carbons (Fsp3) is 0.350. The van der Waals surface area contributed by atoms with Crippen LogP contribution >= 0.6 is 0 Å². The molecule has 2 aliphatic rings. The van der Waals surface area contributed by atoms with E-state index in [2.05, 4.69) is 5.32 Å². The van der Waals surface area contributed by atoms with E-state index in [1.54, 1.807) is 24.3 Å². The van der Waals surface area contributed by atoms with Gasteiger partial charge in [0.2, 0.25) is 10.0 Å². The Hall–Kier alpha value is -2.39. The molecule has 0 bridgehead atoms.